The second-order valence-electron chi connectivity index (χ2n) is 12.2. The lowest BCUT2D eigenvalue weighted by Gasteiger charge is -2.24. The Morgan fingerprint density at radius 3 is 2.45 bits per heavy atom. The molecule has 2 aromatic heterocycles. The Hall–Kier alpha value is -3.48. The second-order valence-corrected chi connectivity index (χ2v) is 14.5. The van der Waals surface area contributed by atoms with Crippen LogP contribution in [-0.2, 0) is 24.4 Å². The van der Waals surface area contributed by atoms with Crippen molar-refractivity contribution < 1.29 is 9.57 Å². The molecule has 3 aromatic carbocycles. The molecule has 0 radical (unpaired) electrons. The van der Waals surface area contributed by atoms with Crippen LogP contribution in [-0.4, -0.2) is 27.6 Å². The molecule has 0 saturated heterocycles. The van der Waals surface area contributed by atoms with Crippen molar-refractivity contribution in [1.82, 2.24) is 9.55 Å². The molecule has 218 valence electrons. The first-order valence-electron chi connectivity index (χ1n) is 14.2. The molecule has 0 N–H and O–H groups in total. The molecule has 0 unspecified atom stereocenters. The molecule has 0 aliphatic rings. The van der Waals surface area contributed by atoms with E-state index in [-0.39, 0.29) is 10.2 Å². The van der Waals surface area contributed by atoms with E-state index >= 15 is 0 Å². The second kappa shape index (κ2) is 12.4. The van der Waals surface area contributed by atoms with Gasteiger partial charge in [0.2, 0.25) is 0 Å². The van der Waals surface area contributed by atoms with Crippen LogP contribution >= 0.6 is 23.4 Å². The number of aromatic nitrogens is 2. The highest BCUT2D eigenvalue weighted by molar-refractivity contribution is 8.00. The first-order valence-corrected chi connectivity index (χ1v) is 15.3. The van der Waals surface area contributed by atoms with Crippen LogP contribution in [0.15, 0.2) is 88.9 Å². The fraction of sp³-hybridized carbons (Fsp3) is 0.314. The van der Waals surface area contributed by atoms with Crippen molar-refractivity contribution in [2.75, 3.05) is 7.11 Å². The summed E-state index contributed by atoms with van der Waals surface area (Å²) in [6.45, 7) is 12.3. The van der Waals surface area contributed by atoms with Gasteiger partial charge >= 0.3 is 0 Å². The van der Waals surface area contributed by atoms with Crippen LogP contribution in [0.5, 0.6) is 5.75 Å². The minimum absolute atomic E-state index is 0.00474. The predicted octanol–water partition coefficient (Wildman–Crippen LogP) is 9.56. The van der Waals surface area contributed by atoms with E-state index in [2.05, 4.69) is 86.8 Å². The van der Waals surface area contributed by atoms with Crippen LogP contribution < -0.4 is 4.74 Å². The number of fused-ring (bicyclic) bond motifs is 2. The molecule has 0 fully saturated rings. The van der Waals surface area contributed by atoms with Crippen molar-refractivity contribution in [2.45, 2.75) is 63.8 Å². The highest BCUT2D eigenvalue weighted by Crippen LogP contribution is 2.44. The van der Waals surface area contributed by atoms with Gasteiger partial charge in [-0.05, 0) is 54.4 Å². The minimum atomic E-state index is -0.226. The summed E-state index contributed by atoms with van der Waals surface area (Å²) in [5.41, 5.74) is 5.27. The van der Waals surface area contributed by atoms with Crippen molar-refractivity contribution in [3.63, 3.8) is 0 Å². The van der Waals surface area contributed by atoms with Gasteiger partial charge in [-0.3, -0.25) is 0 Å². The number of hydrogen-bond acceptors (Lipinski definition) is 5. The van der Waals surface area contributed by atoms with E-state index in [4.69, 9.17) is 26.2 Å². The van der Waals surface area contributed by atoms with Gasteiger partial charge in [0.15, 0.2) is 0 Å². The van der Waals surface area contributed by atoms with Crippen molar-refractivity contribution in [3.05, 3.63) is 101 Å². The molecule has 0 amide bonds. The zero-order valence-electron chi connectivity index (χ0n) is 25.1. The minimum Gasteiger partial charge on any atom is -0.487 e. The zero-order chi connectivity index (χ0) is 29.9. The zero-order valence-corrected chi connectivity index (χ0v) is 26.7. The number of nitrogens with zero attached hydrogens (tertiary/aromatic N) is 3. The monoisotopic (exact) mass is 599 g/mol. The van der Waals surface area contributed by atoms with Crippen LogP contribution in [0.25, 0.3) is 21.8 Å². The molecule has 0 bridgehead atoms. The molecule has 5 nitrogen and oxygen atoms in total. The number of halogens is 1. The maximum Gasteiger partial charge on any atom is 0.130 e. The van der Waals surface area contributed by atoms with Gasteiger partial charge in [0, 0.05) is 54.8 Å². The molecular weight excluding hydrogens is 562 g/mol. The number of benzene rings is 3. The van der Waals surface area contributed by atoms with Crippen LogP contribution in [0.1, 0.15) is 51.6 Å². The van der Waals surface area contributed by atoms with E-state index in [1.807, 2.05) is 54.4 Å². The lowest BCUT2D eigenvalue weighted by molar-refractivity contribution is 0.211. The summed E-state index contributed by atoms with van der Waals surface area (Å²) in [4.78, 5) is 11.1. The standard InChI is InChI=1S/C35H38ClN3O2S/c1-34(2,3)42-33-29-19-28(41-22-27-16-13-25-9-7-8-10-30(25)38-27)17-18-31(29)39(21-24-11-14-26(36)15-12-24)32(33)20-35(4,5)23-37-40-6/h7-19,23H,20-22H2,1-6H3/b37-23+. The topological polar surface area (TPSA) is 48.6 Å². The van der Waals surface area contributed by atoms with E-state index in [0.29, 0.717) is 6.61 Å². The molecule has 0 spiro atoms. The number of oxime groups is 1. The average molecular weight is 600 g/mol. The van der Waals surface area contributed by atoms with Gasteiger partial charge in [0.25, 0.3) is 0 Å². The molecule has 5 aromatic rings. The maximum atomic E-state index is 6.34. The van der Waals surface area contributed by atoms with Gasteiger partial charge in [0.05, 0.1) is 11.2 Å². The lowest BCUT2D eigenvalue weighted by Crippen LogP contribution is -2.20. The fourth-order valence-electron chi connectivity index (χ4n) is 5.01. The molecule has 5 rings (SSSR count). The Morgan fingerprint density at radius 2 is 1.71 bits per heavy atom. The normalized spacial score (nSPS) is 12.5. The van der Waals surface area contributed by atoms with Crippen LogP contribution in [0.4, 0.5) is 0 Å². The molecule has 2 heterocycles. The SMILES string of the molecule is CO/N=C/C(C)(C)Cc1c(SC(C)(C)C)c2cc(OCc3ccc4ccccc4n3)ccc2n1Cc1ccc(Cl)cc1. The average Bonchev–Trinajstić information content (AvgIpc) is 3.21. The summed E-state index contributed by atoms with van der Waals surface area (Å²) in [5, 5.41) is 7.17. The first-order chi connectivity index (χ1) is 20.0. The third-order valence-electron chi connectivity index (χ3n) is 6.93. The summed E-state index contributed by atoms with van der Waals surface area (Å²) in [5.74, 6) is 0.823. The van der Waals surface area contributed by atoms with Gasteiger partial charge in [0.1, 0.15) is 19.5 Å². The van der Waals surface area contributed by atoms with Crippen LogP contribution in [0.2, 0.25) is 5.02 Å². The third-order valence-corrected chi connectivity index (χ3v) is 8.45. The largest absolute Gasteiger partial charge is 0.487 e. The Balaban J connectivity index is 1.58. The molecule has 0 atom stereocenters. The number of pyridine rings is 1. The maximum absolute atomic E-state index is 6.34. The van der Waals surface area contributed by atoms with Crippen molar-refractivity contribution in [3.8, 4) is 5.75 Å². The predicted molar refractivity (Wildman–Crippen MR) is 177 cm³/mol. The van der Waals surface area contributed by atoms with Crippen molar-refractivity contribution in [2.24, 2.45) is 10.6 Å². The van der Waals surface area contributed by atoms with Gasteiger partial charge in [-0.15, -0.1) is 11.8 Å². The molecule has 42 heavy (non-hydrogen) atoms. The van der Waals surface area contributed by atoms with Gasteiger partial charge in [-0.1, -0.05) is 87.8 Å². The summed E-state index contributed by atoms with van der Waals surface area (Å²) >= 11 is 8.11. The lowest BCUT2D eigenvalue weighted by atomic mass is 9.89. The van der Waals surface area contributed by atoms with E-state index in [0.717, 1.165) is 40.3 Å². The van der Waals surface area contributed by atoms with Crippen molar-refractivity contribution in [1.29, 1.82) is 0 Å². The van der Waals surface area contributed by atoms with Gasteiger partial charge in [-0.25, -0.2) is 4.98 Å². The number of rotatable bonds is 10. The molecule has 7 heteroatoms. The number of ether oxygens (including phenoxy) is 1. The summed E-state index contributed by atoms with van der Waals surface area (Å²) in [6.07, 6.45) is 2.69. The number of thioether (sulfide) groups is 1. The van der Waals surface area contributed by atoms with E-state index in [1.165, 1.54) is 27.1 Å². The highest BCUT2D eigenvalue weighted by Gasteiger charge is 2.28. The Morgan fingerprint density at radius 1 is 0.952 bits per heavy atom. The number of hydrogen-bond donors (Lipinski definition) is 0. The number of para-hydroxylation sites is 1. The third kappa shape index (κ3) is 7.29. The smallest absolute Gasteiger partial charge is 0.130 e. The summed E-state index contributed by atoms with van der Waals surface area (Å²) in [7, 11) is 1.58. The van der Waals surface area contributed by atoms with E-state index < -0.39 is 0 Å². The fourth-order valence-corrected chi connectivity index (χ4v) is 6.32. The Bertz CT molecular complexity index is 1720. The molecule has 0 saturated carbocycles. The first kappa shape index (κ1) is 30.0. The molecular formula is C35H38ClN3O2S. The van der Waals surface area contributed by atoms with Crippen LogP contribution in [0.3, 0.4) is 0 Å². The van der Waals surface area contributed by atoms with Crippen LogP contribution in [0, 0.1) is 5.41 Å². The van der Waals surface area contributed by atoms with E-state index in [9.17, 15) is 0 Å². The summed E-state index contributed by atoms with van der Waals surface area (Å²) < 4.78 is 8.77. The Kier molecular flexibility index (Phi) is 8.86. The van der Waals surface area contributed by atoms with Gasteiger partial charge in [-0.2, -0.15) is 0 Å². The summed E-state index contributed by atoms with van der Waals surface area (Å²) in [6, 6.07) is 26.8. The van der Waals surface area contributed by atoms with Crippen molar-refractivity contribution >= 4 is 51.4 Å². The molecule has 0 aliphatic heterocycles. The highest BCUT2D eigenvalue weighted by atomic mass is 35.5. The molecule has 0 aliphatic carbocycles. The van der Waals surface area contributed by atoms with Gasteiger partial charge < -0.3 is 14.1 Å². The quantitative estimate of drug-likeness (QED) is 0.0911. The Labute approximate surface area is 257 Å². The van der Waals surface area contributed by atoms with E-state index in [1.54, 1.807) is 7.11 Å².